The Hall–Kier alpha value is -0.160. The minimum absolute atomic E-state index is 0.457. The molecule has 3 atom stereocenters. The van der Waals surface area contributed by atoms with Gasteiger partial charge in [-0.2, -0.15) is 0 Å². The van der Waals surface area contributed by atoms with Crippen molar-refractivity contribution in [2.75, 3.05) is 39.8 Å². The van der Waals surface area contributed by atoms with Crippen LogP contribution in [0.1, 0.15) is 32.6 Å². The second-order valence-corrected chi connectivity index (χ2v) is 6.99. The molecule has 0 saturated carbocycles. The largest absolute Gasteiger partial charge is 0.328 e. The molecule has 3 heterocycles. The van der Waals surface area contributed by atoms with Crippen molar-refractivity contribution in [3.05, 3.63) is 0 Å². The third-order valence-corrected chi connectivity index (χ3v) is 5.67. The van der Waals surface area contributed by atoms with Crippen LogP contribution in [0.2, 0.25) is 0 Å². The zero-order valence-corrected chi connectivity index (χ0v) is 12.6. The maximum Gasteiger partial charge on any atom is 0.0238 e. The Morgan fingerprint density at radius 3 is 2.21 bits per heavy atom. The molecule has 19 heavy (non-hydrogen) atoms. The van der Waals surface area contributed by atoms with Gasteiger partial charge in [0.15, 0.2) is 0 Å². The predicted molar refractivity (Wildman–Crippen MR) is 79.3 cm³/mol. The molecule has 3 aliphatic heterocycles. The molecule has 4 nitrogen and oxygen atoms in total. The lowest BCUT2D eigenvalue weighted by Gasteiger charge is -2.35. The Labute approximate surface area is 117 Å². The summed E-state index contributed by atoms with van der Waals surface area (Å²) in [4.78, 5) is 7.96. The van der Waals surface area contributed by atoms with Gasteiger partial charge in [0.05, 0.1) is 0 Å². The van der Waals surface area contributed by atoms with E-state index in [-0.39, 0.29) is 0 Å². The van der Waals surface area contributed by atoms with Crippen LogP contribution in [0.4, 0.5) is 0 Å². The summed E-state index contributed by atoms with van der Waals surface area (Å²) < 4.78 is 0. The van der Waals surface area contributed by atoms with Crippen LogP contribution >= 0.6 is 0 Å². The molecule has 0 aromatic heterocycles. The third-order valence-electron chi connectivity index (χ3n) is 5.67. The van der Waals surface area contributed by atoms with Gasteiger partial charge in [-0.25, -0.2) is 0 Å². The van der Waals surface area contributed by atoms with Crippen molar-refractivity contribution >= 4 is 0 Å². The summed E-state index contributed by atoms with van der Waals surface area (Å²) in [6.45, 7) is 8.67. The number of hydrogen-bond acceptors (Lipinski definition) is 4. The molecule has 3 unspecified atom stereocenters. The molecule has 0 aliphatic carbocycles. The predicted octanol–water partition coefficient (Wildman–Crippen LogP) is 0.576. The van der Waals surface area contributed by atoms with E-state index >= 15 is 0 Å². The Morgan fingerprint density at radius 2 is 1.58 bits per heavy atom. The molecule has 110 valence electrons. The summed E-state index contributed by atoms with van der Waals surface area (Å²) in [7, 11) is 2.27. The second-order valence-electron chi connectivity index (χ2n) is 6.99. The van der Waals surface area contributed by atoms with Gasteiger partial charge < -0.3 is 10.6 Å². The molecule has 0 radical (unpaired) electrons. The van der Waals surface area contributed by atoms with Gasteiger partial charge >= 0.3 is 0 Å². The smallest absolute Gasteiger partial charge is 0.0238 e. The molecule has 3 aliphatic rings. The molecular formula is C15H30N4. The van der Waals surface area contributed by atoms with Gasteiger partial charge in [0.25, 0.3) is 0 Å². The summed E-state index contributed by atoms with van der Waals surface area (Å²) in [6.07, 6.45) is 5.11. The quantitative estimate of drug-likeness (QED) is 0.793. The van der Waals surface area contributed by atoms with Crippen molar-refractivity contribution in [2.24, 2.45) is 5.73 Å². The van der Waals surface area contributed by atoms with E-state index in [0.29, 0.717) is 6.04 Å². The lowest BCUT2D eigenvalue weighted by molar-refractivity contribution is 0.144. The first-order valence-corrected chi connectivity index (χ1v) is 8.07. The minimum Gasteiger partial charge on any atom is -0.328 e. The fraction of sp³-hybridized carbons (Fsp3) is 1.00. The van der Waals surface area contributed by atoms with Gasteiger partial charge in [0.2, 0.25) is 0 Å². The van der Waals surface area contributed by atoms with Crippen LogP contribution in [0.3, 0.4) is 0 Å². The second kappa shape index (κ2) is 5.68. The van der Waals surface area contributed by atoms with Crippen molar-refractivity contribution in [1.29, 1.82) is 0 Å². The molecular weight excluding hydrogens is 236 g/mol. The molecule has 3 fully saturated rings. The minimum atomic E-state index is 0.457. The molecule has 4 heteroatoms. The SMILES string of the molecule is CC1CC(N2CCC(N3CCC(N)CC3)C2)CN1C. The molecule has 0 spiro atoms. The number of likely N-dealkylation sites (N-methyl/N-ethyl adjacent to an activating group) is 1. The first kappa shape index (κ1) is 13.8. The molecule has 0 amide bonds. The Bertz CT molecular complexity index is 291. The molecule has 2 N–H and O–H groups in total. The number of piperidine rings is 1. The van der Waals surface area contributed by atoms with Gasteiger partial charge in [-0.1, -0.05) is 0 Å². The highest BCUT2D eigenvalue weighted by molar-refractivity contribution is 4.94. The summed E-state index contributed by atoms with van der Waals surface area (Å²) in [5, 5.41) is 0. The number of nitrogens with two attached hydrogens (primary N) is 1. The molecule has 0 aromatic carbocycles. The highest BCUT2D eigenvalue weighted by Crippen LogP contribution is 2.26. The van der Waals surface area contributed by atoms with Crippen molar-refractivity contribution < 1.29 is 0 Å². The average Bonchev–Trinajstić information content (AvgIpc) is 2.99. The van der Waals surface area contributed by atoms with Crippen LogP contribution in [-0.2, 0) is 0 Å². The lowest BCUT2D eigenvalue weighted by atomic mass is 10.0. The van der Waals surface area contributed by atoms with Gasteiger partial charge in [-0.05, 0) is 52.7 Å². The van der Waals surface area contributed by atoms with E-state index in [2.05, 4.69) is 28.7 Å². The maximum absolute atomic E-state index is 6.01. The Kier molecular flexibility index (Phi) is 4.13. The standard InChI is InChI=1S/C15H30N4/c1-12-9-15(10-17(12)2)19-8-5-14(11-19)18-6-3-13(16)4-7-18/h12-15H,3-11,16H2,1-2H3. The summed E-state index contributed by atoms with van der Waals surface area (Å²) in [6, 6.07) is 2.82. The van der Waals surface area contributed by atoms with Crippen molar-refractivity contribution in [2.45, 2.75) is 56.8 Å². The molecule has 0 bridgehead atoms. The average molecular weight is 266 g/mol. The van der Waals surface area contributed by atoms with Crippen LogP contribution in [0.15, 0.2) is 0 Å². The van der Waals surface area contributed by atoms with Crippen LogP contribution < -0.4 is 5.73 Å². The third kappa shape index (κ3) is 2.97. The van der Waals surface area contributed by atoms with E-state index in [4.69, 9.17) is 5.73 Å². The van der Waals surface area contributed by atoms with Gasteiger partial charge in [0, 0.05) is 43.8 Å². The highest BCUT2D eigenvalue weighted by Gasteiger charge is 2.36. The van der Waals surface area contributed by atoms with E-state index in [0.717, 1.165) is 18.1 Å². The zero-order chi connectivity index (χ0) is 13.4. The summed E-state index contributed by atoms with van der Waals surface area (Å²) in [5.41, 5.74) is 6.01. The van der Waals surface area contributed by atoms with Crippen molar-refractivity contribution in [1.82, 2.24) is 14.7 Å². The first-order valence-electron chi connectivity index (χ1n) is 8.07. The molecule has 3 saturated heterocycles. The molecule has 0 aromatic rings. The van der Waals surface area contributed by atoms with E-state index in [1.54, 1.807) is 0 Å². The highest BCUT2D eigenvalue weighted by atomic mass is 15.3. The van der Waals surface area contributed by atoms with E-state index in [1.165, 1.54) is 58.4 Å². The van der Waals surface area contributed by atoms with E-state index in [1.807, 2.05) is 0 Å². The summed E-state index contributed by atoms with van der Waals surface area (Å²) >= 11 is 0. The normalized spacial score (nSPS) is 40.3. The van der Waals surface area contributed by atoms with Crippen LogP contribution in [0, 0.1) is 0 Å². The molecule has 3 rings (SSSR count). The van der Waals surface area contributed by atoms with Crippen LogP contribution in [0.5, 0.6) is 0 Å². The van der Waals surface area contributed by atoms with Gasteiger partial charge in [-0.3, -0.25) is 9.80 Å². The maximum atomic E-state index is 6.01. The zero-order valence-electron chi connectivity index (χ0n) is 12.6. The topological polar surface area (TPSA) is 35.7 Å². The van der Waals surface area contributed by atoms with Crippen molar-refractivity contribution in [3.63, 3.8) is 0 Å². The number of likely N-dealkylation sites (tertiary alicyclic amines) is 3. The Morgan fingerprint density at radius 1 is 0.895 bits per heavy atom. The number of nitrogens with zero attached hydrogens (tertiary/aromatic N) is 3. The summed E-state index contributed by atoms with van der Waals surface area (Å²) in [5.74, 6) is 0. The monoisotopic (exact) mass is 266 g/mol. The van der Waals surface area contributed by atoms with Crippen molar-refractivity contribution in [3.8, 4) is 0 Å². The van der Waals surface area contributed by atoms with Gasteiger partial charge in [0.1, 0.15) is 0 Å². The number of rotatable bonds is 2. The Balaban J connectivity index is 1.50. The first-order chi connectivity index (χ1) is 9.13. The van der Waals surface area contributed by atoms with Crippen LogP contribution in [-0.4, -0.2) is 78.6 Å². The van der Waals surface area contributed by atoms with Crippen LogP contribution in [0.25, 0.3) is 0 Å². The number of hydrogen-bond donors (Lipinski definition) is 1. The van der Waals surface area contributed by atoms with Gasteiger partial charge in [-0.15, -0.1) is 0 Å². The fourth-order valence-corrected chi connectivity index (χ4v) is 4.11. The fourth-order valence-electron chi connectivity index (χ4n) is 4.11. The van der Waals surface area contributed by atoms with E-state index in [9.17, 15) is 0 Å². The lowest BCUT2D eigenvalue weighted by Crippen LogP contribution is -2.46. The van der Waals surface area contributed by atoms with E-state index < -0.39 is 0 Å².